The summed E-state index contributed by atoms with van der Waals surface area (Å²) in [5, 5.41) is 10.2. The van der Waals surface area contributed by atoms with Gasteiger partial charge in [0.25, 0.3) is 5.91 Å². The van der Waals surface area contributed by atoms with Crippen molar-refractivity contribution in [3.8, 4) is 0 Å². The molecule has 1 amide bonds. The number of thiocarbonyl (C=S) groups is 1. The zero-order valence-corrected chi connectivity index (χ0v) is 13.9. The van der Waals surface area contributed by atoms with Gasteiger partial charge in [0.05, 0.1) is 16.2 Å². The standard InChI is InChI=1S/C17H12N2O3S2/c20-15-14(10-11-6-8-12(9-7-11)16(21)22)24-17(23)19(15)18-13-4-2-1-3-5-13/h1-10,18H,(H,21,22). The summed E-state index contributed by atoms with van der Waals surface area (Å²) in [5.74, 6) is -1.23. The Morgan fingerprint density at radius 1 is 1.12 bits per heavy atom. The van der Waals surface area contributed by atoms with Crippen LogP contribution in [-0.2, 0) is 4.79 Å². The summed E-state index contributed by atoms with van der Waals surface area (Å²) in [7, 11) is 0. The Hall–Kier alpha value is -2.64. The molecule has 0 aromatic heterocycles. The van der Waals surface area contributed by atoms with E-state index in [-0.39, 0.29) is 11.5 Å². The molecule has 0 spiro atoms. The van der Waals surface area contributed by atoms with Crippen molar-refractivity contribution in [3.63, 3.8) is 0 Å². The van der Waals surface area contributed by atoms with E-state index in [1.54, 1.807) is 18.2 Å². The number of carboxylic acid groups (broad SMARTS) is 1. The minimum atomic E-state index is -0.986. The lowest BCUT2D eigenvalue weighted by molar-refractivity contribution is -0.121. The highest BCUT2D eigenvalue weighted by Crippen LogP contribution is 2.32. The van der Waals surface area contributed by atoms with E-state index in [9.17, 15) is 9.59 Å². The van der Waals surface area contributed by atoms with Crippen molar-refractivity contribution in [2.75, 3.05) is 5.43 Å². The first-order chi connectivity index (χ1) is 11.5. The molecular formula is C17H12N2O3S2. The highest BCUT2D eigenvalue weighted by atomic mass is 32.2. The third-order valence-corrected chi connectivity index (χ3v) is 4.57. The van der Waals surface area contributed by atoms with E-state index in [1.165, 1.54) is 28.9 Å². The lowest BCUT2D eigenvalue weighted by Crippen LogP contribution is -2.33. The highest BCUT2D eigenvalue weighted by Gasteiger charge is 2.32. The maximum Gasteiger partial charge on any atom is 0.335 e. The van der Waals surface area contributed by atoms with Gasteiger partial charge in [-0.3, -0.25) is 10.2 Å². The molecule has 2 aromatic carbocycles. The van der Waals surface area contributed by atoms with Gasteiger partial charge in [0.15, 0.2) is 4.32 Å². The molecule has 1 heterocycles. The van der Waals surface area contributed by atoms with Crippen LogP contribution >= 0.6 is 24.0 Å². The lowest BCUT2D eigenvalue weighted by Gasteiger charge is -2.16. The molecule has 1 saturated heterocycles. The summed E-state index contributed by atoms with van der Waals surface area (Å²) in [4.78, 5) is 23.8. The fourth-order valence-electron chi connectivity index (χ4n) is 2.08. The molecule has 0 aliphatic carbocycles. The van der Waals surface area contributed by atoms with E-state index in [2.05, 4.69) is 5.43 Å². The van der Waals surface area contributed by atoms with E-state index in [4.69, 9.17) is 17.3 Å². The highest BCUT2D eigenvalue weighted by molar-refractivity contribution is 8.26. The third kappa shape index (κ3) is 3.47. The van der Waals surface area contributed by atoms with Gasteiger partial charge < -0.3 is 5.11 Å². The Balaban J connectivity index is 1.79. The molecule has 2 aromatic rings. The number of thioether (sulfide) groups is 1. The Morgan fingerprint density at radius 3 is 2.42 bits per heavy atom. The van der Waals surface area contributed by atoms with Crippen molar-refractivity contribution in [2.45, 2.75) is 0 Å². The molecule has 0 unspecified atom stereocenters. The molecule has 1 aliphatic heterocycles. The lowest BCUT2D eigenvalue weighted by atomic mass is 10.1. The quantitative estimate of drug-likeness (QED) is 0.644. The smallest absolute Gasteiger partial charge is 0.335 e. The van der Waals surface area contributed by atoms with Crippen LogP contribution in [-0.4, -0.2) is 26.3 Å². The van der Waals surface area contributed by atoms with E-state index < -0.39 is 5.97 Å². The Morgan fingerprint density at radius 2 is 1.79 bits per heavy atom. The third-order valence-electron chi connectivity index (χ3n) is 3.26. The maximum absolute atomic E-state index is 12.5. The number of nitrogens with zero attached hydrogens (tertiary/aromatic N) is 1. The number of aromatic carboxylic acids is 1. The van der Waals surface area contributed by atoms with Gasteiger partial charge in [-0.25, -0.2) is 9.80 Å². The van der Waals surface area contributed by atoms with Gasteiger partial charge in [0, 0.05) is 0 Å². The average Bonchev–Trinajstić information content (AvgIpc) is 2.84. The van der Waals surface area contributed by atoms with Crippen LogP contribution in [0.1, 0.15) is 15.9 Å². The second-order valence-electron chi connectivity index (χ2n) is 4.92. The molecule has 3 rings (SSSR count). The minimum absolute atomic E-state index is 0.199. The van der Waals surface area contributed by atoms with Gasteiger partial charge in [-0.1, -0.05) is 42.1 Å². The number of para-hydroxylation sites is 1. The van der Waals surface area contributed by atoms with Crippen LogP contribution in [0.4, 0.5) is 5.69 Å². The summed E-state index contributed by atoms with van der Waals surface area (Å²) in [6.45, 7) is 0. The summed E-state index contributed by atoms with van der Waals surface area (Å²) in [5.41, 5.74) is 4.68. The molecule has 2 N–H and O–H groups in total. The number of benzene rings is 2. The van der Waals surface area contributed by atoms with Gasteiger partial charge in [0.2, 0.25) is 0 Å². The predicted molar refractivity (Wildman–Crippen MR) is 98.5 cm³/mol. The van der Waals surface area contributed by atoms with Gasteiger partial charge in [-0.15, -0.1) is 0 Å². The fraction of sp³-hybridized carbons (Fsp3) is 0. The predicted octanol–water partition coefficient (Wildman–Crippen LogP) is 3.61. The Kier molecular flexibility index (Phi) is 4.64. The summed E-state index contributed by atoms with van der Waals surface area (Å²) in [6.07, 6.45) is 1.69. The number of carbonyl (C=O) groups excluding carboxylic acids is 1. The van der Waals surface area contributed by atoms with Gasteiger partial charge >= 0.3 is 5.97 Å². The average molecular weight is 356 g/mol. The van der Waals surface area contributed by atoms with Crippen molar-refractivity contribution in [1.29, 1.82) is 0 Å². The number of carboxylic acids is 1. The van der Waals surface area contributed by atoms with Gasteiger partial charge in [-0.2, -0.15) is 0 Å². The van der Waals surface area contributed by atoms with Crippen LogP contribution in [0.15, 0.2) is 59.5 Å². The molecule has 0 saturated carbocycles. The van der Waals surface area contributed by atoms with E-state index in [0.29, 0.717) is 9.23 Å². The largest absolute Gasteiger partial charge is 0.478 e. The first-order valence-electron chi connectivity index (χ1n) is 6.97. The van der Waals surface area contributed by atoms with Crippen LogP contribution in [0.5, 0.6) is 0 Å². The summed E-state index contributed by atoms with van der Waals surface area (Å²) >= 11 is 6.45. The van der Waals surface area contributed by atoms with Crippen molar-refractivity contribution in [1.82, 2.24) is 5.01 Å². The van der Waals surface area contributed by atoms with Crippen molar-refractivity contribution in [2.24, 2.45) is 0 Å². The monoisotopic (exact) mass is 356 g/mol. The second-order valence-corrected chi connectivity index (χ2v) is 6.60. The number of hydrazine groups is 1. The number of hydrogen-bond acceptors (Lipinski definition) is 5. The van der Waals surface area contributed by atoms with Crippen LogP contribution in [0, 0.1) is 0 Å². The van der Waals surface area contributed by atoms with Crippen molar-refractivity contribution >= 4 is 51.9 Å². The number of carbonyl (C=O) groups is 2. The molecule has 0 atom stereocenters. The van der Waals surface area contributed by atoms with E-state index >= 15 is 0 Å². The molecule has 120 valence electrons. The number of rotatable bonds is 4. The topological polar surface area (TPSA) is 69.6 Å². The van der Waals surface area contributed by atoms with Crippen LogP contribution in [0.3, 0.4) is 0 Å². The van der Waals surface area contributed by atoms with Gasteiger partial charge in [-0.05, 0) is 48.1 Å². The van der Waals surface area contributed by atoms with Crippen LogP contribution in [0.25, 0.3) is 6.08 Å². The molecule has 7 heteroatoms. The number of nitrogens with one attached hydrogen (secondary N) is 1. The zero-order valence-electron chi connectivity index (χ0n) is 12.3. The van der Waals surface area contributed by atoms with Crippen LogP contribution < -0.4 is 5.43 Å². The molecule has 1 aliphatic rings. The molecule has 0 radical (unpaired) electrons. The molecule has 1 fully saturated rings. The fourth-order valence-corrected chi connectivity index (χ4v) is 3.26. The number of amides is 1. The zero-order chi connectivity index (χ0) is 17.1. The van der Waals surface area contributed by atoms with Crippen molar-refractivity contribution < 1.29 is 14.7 Å². The second kappa shape index (κ2) is 6.86. The Bertz CT molecular complexity index is 833. The number of anilines is 1. The first-order valence-corrected chi connectivity index (χ1v) is 8.20. The molecular weight excluding hydrogens is 344 g/mol. The van der Waals surface area contributed by atoms with E-state index in [0.717, 1.165) is 11.3 Å². The summed E-state index contributed by atoms with van der Waals surface area (Å²) < 4.78 is 0.414. The molecule has 0 bridgehead atoms. The minimum Gasteiger partial charge on any atom is -0.478 e. The Labute approximate surface area is 147 Å². The summed E-state index contributed by atoms with van der Waals surface area (Å²) in [6, 6.07) is 15.6. The van der Waals surface area contributed by atoms with Crippen molar-refractivity contribution in [3.05, 3.63) is 70.6 Å². The number of hydrogen-bond donors (Lipinski definition) is 2. The normalized spacial score (nSPS) is 15.8. The maximum atomic E-state index is 12.5. The van der Waals surface area contributed by atoms with E-state index in [1.807, 2.05) is 30.3 Å². The van der Waals surface area contributed by atoms with Crippen LogP contribution in [0.2, 0.25) is 0 Å². The van der Waals surface area contributed by atoms with Gasteiger partial charge in [0.1, 0.15) is 0 Å². The SMILES string of the molecule is O=C(O)c1ccc(C=C2SC(=S)N(Nc3ccccc3)C2=O)cc1. The first kappa shape index (κ1) is 16.2. The molecule has 5 nitrogen and oxygen atoms in total. The molecule has 24 heavy (non-hydrogen) atoms.